The van der Waals surface area contributed by atoms with Gasteiger partial charge in [-0.3, -0.25) is 9.69 Å². The van der Waals surface area contributed by atoms with Crippen LogP contribution in [-0.4, -0.2) is 58.4 Å². The van der Waals surface area contributed by atoms with Gasteiger partial charge in [0, 0.05) is 19.5 Å². The first-order valence-corrected chi connectivity index (χ1v) is 13.5. The number of likely N-dealkylation sites (tertiary alicyclic amines) is 1. The highest BCUT2D eigenvalue weighted by atomic mass is 28.4. The molecule has 2 heterocycles. The lowest BCUT2D eigenvalue weighted by Gasteiger charge is -2.45. The first kappa shape index (κ1) is 22.5. The van der Waals surface area contributed by atoms with Gasteiger partial charge in [-0.1, -0.05) is 32.9 Å². The maximum Gasteiger partial charge on any atom is 0.408 e. The van der Waals surface area contributed by atoms with Gasteiger partial charge < -0.3 is 14.1 Å². The van der Waals surface area contributed by atoms with Crippen LogP contribution in [0.15, 0.2) is 30.6 Å². The van der Waals surface area contributed by atoms with Gasteiger partial charge in [-0.25, -0.2) is 9.78 Å². The average molecular weight is 432 g/mol. The number of para-hydroxylation sites is 2. The van der Waals surface area contributed by atoms with Crippen molar-refractivity contribution in [2.45, 2.75) is 76.9 Å². The zero-order valence-electron chi connectivity index (χ0n) is 18.6. The highest BCUT2D eigenvalue weighted by Crippen LogP contribution is 2.39. The molecule has 7 nitrogen and oxygen atoms in total. The largest absolute Gasteiger partial charge is 0.465 e. The standard InChI is InChI=1S/C22H33N3O4Si/c1-22(2,3)30(4,5)29-19-11-8-13-25(21(27)28)20(19)18(26)12-14-24-15-23-16-9-6-7-10-17(16)24/h6-7,9-10,15,19-20H,8,11-14H2,1-5H3,(H,27,28)/t19-,20-/m0/s1. The minimum absolute atomic E-state index is 0.0121. The second-order valence-electron chi connectivity index (χ2n) is 9.62. The molecule has 3 rings (SSSR count). The van der Waals surface area contributed by atoms with Crippen LogP contribution in [0.3, 0.4) is 0 Å². The van der Waals surface area contributed by atoms with E-state index < -0.39 is 20.5 Å². The second-order valence-corrected chi connectivity index (χ2v) is 14.4. The molecule has 0 aliphatic carbocycles. The molecule has 0 unspecified atom stereocenters. The average Bonchev–Trinajstić information content (AvgIpc) is 3.08. The Bertz CT molecular complexity index is 918. The number of nitrogens with zero attached hydrogens (tertiary/aromatic N) is 3. The van der Waals surface area contributed by atoms with Crippen LogP contribution in [-0.2, 0) is 15.8 Å². The third-order valence-corrected chi connectivity index (χ3v) is 11.0. The van der Waals surface area contributed by atoms with Crippen LogP contribution in [0, 0.1) is 0 Å². The van der Waals surface area contributed by atoms with E-state index in [9.17, 15) is 14.7 Å². The summed E-state index contributed by atoms with van der Waals surface area (Å²) in [6.45, 7) is 11.6. The van der Waals surface area contributed by atoms with Gasteiger partial charge >= 0.3 is 6.09 Å². The van der Waals surface area contributed by atoms with Gasteiger partial charge in [-0.2, -0.15) is 0 Å². The van der Waals surface area contributed by atoms with Crippen molar-refractivity contribution in [3.8, 4) is 0 Å². The predicted octanol–water partition coefficient (Wildman–Crippen LogP) is 4.53. The van der Waals surface area contributed by atoms with Crippen LogP contribution in [0.4, 0.5) is 4.79 Å². The van der Waals surface area contributed by atoms with Gasteiger partial charge in [0.1, 0.15) is 6.04 Å². The van der Waals surface area contributed by atoms with Crippen LogP contribution in [0.2, 0.25) is 18.1 Å². The number of rotatable bonds is 6. The molecular weight excluding hydrogens is 398 g/mol. The fraction of sp³-hybridized carbons (Fsp3) is 0.591. The number of carboxylic acid groups (broad SMARTS) is 1. The number of carbonyl (C=O) groups is 2. The Hall–Kier alpha value is -2.19. The molecule has 0 radical (unpaired) electrons. The first-order chi connectivity index (χ1) is 14.0. The monoisotopic (exact) mass is 431 g/mol. The number of ketones is 1. The number of benzene rings is 1. The van der Waals surface area contributed by atoms with Gasteiger partial charge in [0.15, 0.2) is 14.1 Å². The summed E-state index contributed by atoms with van der Waals surface area (Å²) >= 11 is 0. The van der Waals surface area contributed by atoms with E-state index in [1.165, 1.54) is 4.90 Å². The van der Waals surface area contributed by atoms with Crippen LogP contribution in [0.25, 0.3) is 11.0 Å². The van der Waals surface area contributed by atoms with E-state index in [1.54, 1.807) is 6.33 Å². The molecule has 0 bridgehead atoms. The van der Waals surface area contributed by atoms with Crippen molar-refractivity contribution < 1.29 is 19.1 Å². The van der Waals surface area contributed by atoms with Crippen molar-refractivity contribution in [3.05, 3.63) is 30.6 Å². The Morgan fingerprint density at radius 1 is 1.27 bits per heavy atom. The highest BCUT2D eigenvalue weighted by molar-refractivity contribution is 6.74. The molecule has 0 saturated carbocycles. The Morgan fingerprint density at radius 2 is 1.97 bits per heavy atom. The Morgan fingerprint density at radius 3 is 2.63 bits per heavy atom. The van der Waals surface area contributed by atoms with E-state index in [2.05, 4.69) is 38.8 Å². The number of fused-ring (bicyclic) bond motifs is 1. The number of Topliss-reactive ketones (excluding diaryl/α,β-unsaturated/α-hetero) is 1. The lowest BCUT2D eigenvalue weighted by molar-refractivity contribution is -0.129. The Balaban J connectivity index is 1.79. The maximum atomic E-state index is 13.3. The third-order valence-electron chi connectivity index (χ3n) is 6.53. The number of amides is 1. The van der Waals surface area contributed by atoms with Crippen molar-refractivity contribution in [2.75, 3.05) is 6.54 Å². The second kappa shape index (κ2) is 8.51. The molecule has 2 aromatic rings. The fourth-order valence-electron chi connectivity index (χ4n) is 3.80. The normalized spacial score (nSPS) is 20.5. The van der Waals surface area contributed by atoms with Gasteiger partial charge in [0.05, 0.1) is 23.5 Å². The van der Waals surface area contributed by atoms with Gasteiger partial charge in [-0.05, 0) is 43.1 Å². The minimum atomic E-state index is -2.14. The zero-order chi connectivity index (χ0) is 22.1. The first-order valence-electron chi connectivity index (χ1n) is 10.6. The molecule has 1 aromatic heterocycles. The van der Waals surface area contributed by atoms with Gasteiger partial charge in [0.2, 0.25) is 0 Å². The SMILES string of the molecule is CC(C)(C)[Si](C)(C)O[C@H]1CCCN(C(=O)O)[C@H]1C(=O)CCn1cnc2ccccc21. The summed E-state index contributed by atoms with van der Waals surface area (Å²) in [6, 6.07) is 7.03. The number of hydrogen-bond donors (Lipinski definition) is 1. The smallest absolute Gasteiger partial charge is 0.408 e. The number of aryl methyl sites for hydroxylation is 1. The zero-order valence-corrected chi connectivity index (χ0v) is 19.6. The summed E-state index contributed by atoms with van der Waals surface area (Å²) < 4.78 is 8.51. The van der Waals surface area contributed by atoms with E-state index in [1.807, 2.05) is 28.8 Å². The van der Waals surface area contributed by atoms with E-state index in [-0.39, 0.29) is 23.3 Å². The van der Waals surface area contributed by atoms with Crippen LogP contribution in [0.5, 0.6) is 0 Å². The molecule has 1 amide bonds. The number of carbonyl (C=O) groups excluding carboxylic acids is 1. The van der Waals surface area contributed by atoms with E-state index in [0.717, 1.165) is 11.0 Å². The van der Waals surface area contributed by atoms with E-state index in [0.29, 0.717) is 25.9 Å². The highest BCUT2D eigenvalue weighted by Gasteiger charge is 2.45. The molecule has 0 spiro atoms. The van der Waals surface area contributed by atoms with Crippen molar-refractivity contribution in [3.63, 3.8) is 0 Å². The topological polar surface area (TPSA) is 84.7 Å². The summed E-state index contributed by atoms with van der Waals surface area (Å²) in [4.78, 5) is 30.8. The third kappa shape index (κ3) is 4.59. The molecule has 2 atom stereocenters. The summed E-state index contributed by atoms with van der Waals surface area (Å²) in [7, 11) is -2.14. The van der Waals surface area contributed by atoms with Crippen LogP contribution in [0.1, 0.15) is 40.0 Å². The predicted molar refractivity (Wildman–Crippen MR) is 119 cm³/mol. The molecule has 164 valence electrons. The Labute approximate surface area is 179 Å². The van der Waals surface area contributed by atoms with Crippen molar-refractivity contribution >= 4 is 31.2 Å². The molecule has 1 N–H and O–H groups in total. The van der Waals surface area contributed by atoms with E-state index >= 15 is 0 Å². The molecule has 1 fully saturated rings. The Kier molecular flexibility index (Phi) is 6.38. The number of piperidine rings is 1. The number of aromatic nitrogens is 2. The lowest BCUT2D eigenvalue weighted by Crippen LogP contribution is -2.59. The fourth-order valence-corrected chi connectivity index (χ4v) is 5.16. The summed E-state index contributed by atoms with van der Waals surface area (Å²) in [5, 5.41) is 9.73. The minimum Gasteiger partial charge on any atom is -0.465 e. The molecule has 1 saturated heterocycles. The summed E-state index contributed by atoms with van der Waals surface area (Å²) in [6.07, 6.45) is 1.96. The molecular formula is C22H33N3O4Si. The lowest BCUT2D eigenvalue weighted by atomic mass is 9.94. The molecule has 1 aliphatic heterocycles. The van der Waals surface area contributed by atoms with Gasteiger partial charge in [-0.15, -0.1) is 0 Å². The summed E-state index contributed by atoms with van der Waals surface area (Å²) in [5.74, 6) is -0.0846. The van der Waals surface area contributed by atoms with Crippen LogP contribution < -0.4 is 0 Å². The number of imidazole rings is 1. The van der Waals surface area contributed by atoms with E-state index in [4.69, 9.17) is 4.43 Å². The van der Waals surface area contributed by atoms with Crippen molar-refractivity contribution in [1.29, 1.82) is 0 Å². The van der Waals surface area contributed by atoms with Crippen molar-refractivity contribution in [1.82, 2.24) is 14.5 Å². The maximum absolute atomic E-state index is 13.3. The molecule has 1 aliphatic rings. The number of hydrogen-bond acceptors (Lipinski definition) is 4. The van der Waals surface area contributed by atoms with Crippen molar-refractivity contribution in [2.24, 2.45) is 0 Å². The van der Waals surface area contributed by atoms with Crippen LogP contribution >= 0.6 is 0 Å². The molecule has 1 aromatic carbocycles. The molecule has 8 heteroatoms. The summed E-state index contributed by atoms with van der Waals surface area (Å²) in [5.41, 5.74) is 1.85. The molecule has 30 heavy (non-hydrogen) atoms. The quantitative estimate of drug-likeness (QED) is 0.679. The van der Waals surface area contributed by atoms with Gasteiger partial charge in [0.25, 0.3) is 0 Å².